The third-order valence-corrected chi connectivity index (χ3v) is 4.67. The predicted octanol–water partition coefficient (Wildman–Crippen LogP) is 1.84. The number of carbonyl (C=O) groups is 1. The van der Waals surface area contributed by atoms with Crippen LogP contribution in [0, 0.1) is 6.92 Å². The summed E-state index contributed by atoms with van der Waals surface area (Å²) in [5, 5.41) is 8.16. The fourth-order valence-corrected chi connectivity index (χ4v) is 3.01. The molecule has 1 aromatic carbocycles. The van der Waals surface area contributed by atoms with Crippen molar-refractivity contribution >= 4 is 23.6 Å². The Labute approximate surface area is 134 Å². The summed E-state index contributed by atoms with van der Waals surface area (Å²) in [6.07, 6.45) is 0. The molecule has 0 bridgehead atoms. The maximum absolute atomic E-state index is 12.5. The Kier molecular flexibility index (Phi) is 5.07. The summed E-state index contributed by atoms with van der Waals surface area (Å²) in [7, 11) is 3.60. The molecule has 2 aromatic rings. The minimum Gasteiger partial charge on any atom is -0.368 e. The molecule has 0 radical (unpaired) electrons. The maximum atomic E-state index is 12.5. The number of amides is 1. The van der Waals surface area contributed by atoms with E-state index in [4.69, 9.17) is 5.73 Å². The molecule has 0 aliphatic heterocycles. The number of nitrogen functional groups attached to an aromatic ring is 1. The summed E-state index contributed by atoms with van der Waals surface area (Å²) in [4.78, 5) is 14.2. The Morgan fingerprint density at radius 3 is 2.68 bits per heavy atom. The van der Waals surface area contributed by atoms with Crippen LogP contribution in [0.4, 0.5) is 5.95 Å². The average Bonchev–Trinajstić information content (AvgIpc) is 2.80. The van der Waals surface area contributed by atoms with Crippen LogP contribution in [0.5, 0.6) is 0 Å². The maximum Gasteiger partial charge on any atom is 0.235 e. The van der Waals surface area contributed by atoms with Crippen molar-refractivity contribution in [3.05, 3.63) is 35.4 Å². The zero-order valence-electron chi connectivity index (χ0n) is 13.3. The van der Waals surface area contributed by atoms with Gasteiger partial charge in [0.15, 0.2) is 5.16 Å². The highest BCUT2D eigenvalue weighted by molar-refractivity contribution is 8.00. The molecular formula is C15H21N5OS. The number of rotatable bonds is 5. The van der Waals surface area contributed by atoms with Gasteiger partial charge in [0, 0.05) is 20.6 Å². The number of nitrogens with two attached hydrogens (primary N) is 1. The first-order chi connectivity index (χ1) is 10.4. The number of nitrogens with zero attached hydrogens (tertiary/aromatic N) is 4. The lowest BCUT2D eigenvalue weighted by atomic mass is 10.1. The Hall–Kier alpha value is -2.02. The van der Waals surface area contributed by atoms with Crippen molar-refractivity contribution in [1.29, 1.82) is 0 Å². The number of hydrogen-bond donors (Lipinski definition) is 1. The molecule has 1 amide bonds. The minimum absolute atomic E-state index is 0.0508. The zero-order valence-corrected chi connectivity index (χ0v) is 14.1. The van der Waals surface area contributed by atoms with E-state index >= 15 is 0 Å². The summed E-state index contributed by atoms with van der Waals surface area (Å²) in [5.74, 6) is 0.394. The molecule has 1 atom stereocenters. The van der Waals surface area contributed by atoms with Crippen molar-refractivity contribution in [3.8, 4) is 0 Å². The van der Waals surface area contributed by atoms with Gasteiger partial charge in [-0.1, -0.05) is 36.0 Å². The molecule has 0 aliphatic carbocycles. The highest BCUT2D eigenvalue weighted by Crippen LogP contribution is 2.23. The molecule has 118 valence electrons. The van der Waals surface area contributed by atoms with Gasteiger partial charge in [-0.25, -0.2) is 0 Å². The van der Waals surface area contributed by atoms with Crippen molar-refractivity contribution < 1.29 is 4.79 Å². The van der Waals surface area contributed by atoms with E-state index in [0.717, 1.165) is 5.56 Å². The lowest BCUT2D eigenvalue weighted by molar-refractivity contribution is -0.129. The Morgan fingerprint density at radius 1 is 1.41 bits per heavy atom. The number of thioether (sulfide) groups is 1. The van der Waals surface area contributed by atoms with Crippen molar-refractivity contribution in [2.75, 3.05) is 12.8 Å². The Bertz CT molecular complexity index is 670. The van der Waals surface area contributed by atoms with Crippen LogP contribution in [0.1, 0.15) is 18.1 Å². The van der Waals surface area contributed by atoms with E-state index in [1.807, 2.05) is 45.2 Å². The van der Waals surface area contributed by atoms with E-state index in [9.17, 15) is 4.79 Å². The average molecular weight is 319 g/mol. The van der Waals surface area contributed by atoms with Gasteiger partial charge in [0.25, 0.3) is 0 Å². The second-order valence-corrected chi connectivity index (χ2v) is 6.59. The van der Waals surface area contributed by atoms with E-state index in [1.54, 1.807) is 16.5 Å². The van der Waals surface area contributed by atoms with Gasteiger partial charge in [-0.3, -0.25) is 9.36 Å². The first-order valence-corrected chi connectivity index (χ1v) is 7.89. The van der Waals surface area contributed by atoms with E-state index in [0.29, 0.717) is 17.6 Å². The molecule has 0 saturated carbocycles. The summed E-state index contributed by atoms with van der Waals surface area (Å²) >= 11 is 1.36. The van der Waals surface area contributed by atoms with Crippen molar-refractivity contribution in [2.45, 2.75) is 30.8 Å². The van der Waals surface area contributed by atoms with Gasteiger partial charge in [-0.2, -0.15) is 0 Å². The van der Waals surface area contributed by atoms with Gasteiger partial charge in [-0.15, -0.1) is 10.2 Å². The van der Waals surface area contributed by atoms with Crippen LogP contribution in [0.15, 0.2) is 29.4 Å². The van der Waals surface area contributed by atoms with E-state index in [-0.39, 0.29) is 11.2 Å². The molecule has 6 nitrogen and oxygen atoms in total. The molecule has 0 saturated heterocycles. The predicted molar refractivity (Wildman–Crippen MR) is 88.4 cm³/mol. The second-order valence-electron chi connectivity index (χ2n) is 5.28. The Morgan fingerprint density at radius 2 is 2.09 bits per heavy atom. The molecule has 0 spiro atoms. The third kappa shape index (κ3) is 3.59. The van der Waals surface area contributed by atoms with Gasteiger partial charge in [0.2, 0.25) is 11.9 Å². The summed E-state index contributed by atoms with van der Waals surface area (Å²) in [6, 6.07) is 8.08. The molecule has 0 fully saturated rings. The van der Waals surface area contributed by atoms with Gasteiger partial charge in [0.05, 0.1) is 5.25 Å². The fourth-order valence-electron chi connectivity index (χ4n) is 2.07. The lowest BCUT2D eigenvalue weighted by Crippen LogP contribution is -2.33. The highest BCUT2D eigenvalue weighted by Gasteiger charge is 2.21. The van der Waals surface area contributed by atoms with Gasteiger partial charge >= 0.3 is 0 Å². The molecule has 2 N–H and O–H groups in total. The first-order valence-electron chi connectivity index (χ1n) is 7.01. The summed E-state index contributed by atoms with van der Waals surface area (Å²) in [6.45, 7) is 4.51. The smallest absolute Gasteiger partial charge is 0.235 e. The second kappa shape index (κ2) is 6.83. The lowest BCUT2D eigenvalue weighted by Gasteiger charge is -2.21. The molecule has 22 heavy (non-hydrogen) atoms. The van der Waals surface area contributed by atoms with Gasteiger partial charge in [-0.05, 0) is 25.0 Å². The molecule has 0 aliphatic rings. The zero-order chi connectivity index (χ0) is 16.3. The SMILES string of the molecule is Cc1ccccc1CN(C)C(=O)[C@@H](C)Sc1nnc(N)n1C. The van der Waals surface area contributed by atoms with Crippen molar-refractivity contribution in [3.63, 3.8) is 0 Å². The Balaban J connectivity index is 2.01. The standard InChI is InChI=1S/C15H21N5OS/c1-10-7-5-6-8-12(10)9-19(3)13(21)11(2)22-15-18-17-14(16)20(15)4/h5-8,11H,9H2,1-4H3,(H2,16,17)/t11-/m1/s1. The number of carbonyl (C=O) groups excluding carboxylic acids is 1. The van der Waals surface area contributed by atoms with E-state index in [2.05, 4.69) is 10.2 Å². The number of aryl methyl sites for hydroxylation is 1. The molecule has 1 aromatic heterocycles. The highest BCUT2D eigenvalue weighted by atomic mass is 32.2. The van der Waals surface area contributed by atoms with Crippen LogP contribution in [0.3, 0.4) is 0 Å². The van der Waals surface area contributed by atoms with E-state index < -0.39 is 0 Å². The number of aromatic nitrogens is 3. The van der Waals surface area contributed by atoms with Gasteiger partial charge < -0.3 is 10.6 Å². The topological polar surface area (TPSA) is 77.0 Å². The molecule has 7 heteroatoms. The van der Waals surface area contributed by atoms with Gasteiger partial charge in [0.1, 0.15) is 0 Å². The normalized spacial score (nSPS) is 12.2. The number of hydrogen-bond acceptors (Lipinski definition) is 5. The minimum atomic E-state index is -0.253. The van der Waals surface area contributed by atoms with Crippen LogP contribution in [-0.4, -0.2) is 37.9 Å². The molecular weight excluding hydrogens is 298 g/mol. The molecule has 2 rings (SSSR count). The molecule has 1 heterocycles. The van der Waals surface area contributed by atoms with Crippen LogP contribution < -0.4 is 5.73 Å². The fraction of sp³-hybridized carbons (Fsp3) is 0.400. The molecule has 0 unspecified atom stereocenters. The van der Waals surface area contributed by atoms with Crippen LogP contribution in [0.25, 0.3) is 0 Å². The summed E-state index contributed by atoms with van der Waals surface area (Å²) < 4.78 is 1.68. The number of benzene rings is 1. The van der Waals surface area contributed by atoms with Crippen LogP contribution >= 0.6 is 11.8 Å². The largest absolute Gasteiger partial charge is 0.368 e. The monoisotopic (exact) mass is 319 g/mol. The van der Waals surface area contributed by atoms with E-state index in [1.165, 1.54) is 17.3 Å². The number of anilines is 1. The van der Waals surface area contributed by atoms with Crippen LogP contribution in [0.2, 0.25) is 0 Å². The van der Waals surface area contributed by atoms with Crippen molar-refractivity contribution in [1.82, 2.24) is 19.7 Å². The summed E-state index contributed by atoms with van der Waals surface area (Å²) in [5.41, 5.74) is 7.99. The third-order valence-electron chi connectivity index (χ3n) is 3.54. The quantitative estimate of drug-likeness (QED) is 0.851. The first kappa shape index (κ1) is 16.4. The van der Waals surface area contributed by atoms with Crippen molar-refractivity contribution in [2.24, 2.45) is 7.05 Å². The van der Waals surface area contributed by atoms with Crippen LogP contribution in [-0.2, 0) is 18.4 Å².